The van der Waals surface area contributed by atoms with Crippen molar-refractivity contribution < 1.29 is 18.7 Å². The van der Waals surface area contributed by atoms with Crippen molar-refractivity contribution in [1.29, 1.82) is 0 Å². The molecule has 2 fully saturated rings. The summed E-state index contributed by atoms with van der Waals surface area (Å²) in [5, 5.41) is 9.29. The molecular formula is C22H20F2N4O3. The molecule has 0 spiro atoms. The topological polar surface area (TPSA) is 101 Å². The lowest BCUT2D eigenvalue weighted by Crippen LogP contribution is -2.55. The minimum absolute atomic E-state index is 0.0431. The fourth-order valence-corrected chi connectivity index (χ4v) is 4.81. The number of rotatable bonds is 3. The lowest BCUT2D eigenvalue weighted by atomic mass is 9.60. The number of aromatic nitrogens is 2. The van der Waals surface area contributed by atoms with Gasteiger partial charge < -0.3 is 20.3 Å². The van der Waals surface area contributed by atoms with Gasteiger partial charge in [-0.2, -0.15) is 0 Å². The number of anilines is 1. The highest BCUT2D eigenvalue weighted by Crippen LogP contribution is 2.51. The fraction of sp³-hybridized carbons (Fsp3) is 0.318. The Morgan fingerprint density at radius 2 is 2.00 bits per heavy atom. The first kappa shape index (κ1) is 19.6. The molecular weight excluding hydrogens is 406 g/mol. The van der Waals surface area contributed by atoms with E-state index in [1.54, 1.807) is 0 Å². The quantitative estimate of drug-likeness (QED) is 0.668. The van der Waals surface area contributed by atoms with E-state index in [1.807, 2.05) is 4.90 Å². The molecule has 3 heterocycles. The third-order valence-corrected chi connectivity index (χ3v) is 6.84. The Labute approximate surface area is 175 Å². The summed E-state index contributed by atoms with van der Waals surface area (Å²) < 4.78 is 29.9. The molecule has 2 aromatic heterocycles. The molecule has 0 amide bonds. The van der Waals surface area contributed by atoms with E-state index in [0.717, 1.165) is 18.7 Å². The molecule has 7 nitrogen and oxygen atoms in total. The highest BCUT2D eigenvalue weighted by molar-refractivity contribution is 5.92. The van der Waals surface area contributed by atoms with E-state index in [-0.39, 0.29) is 28.3 Å². The monoisotopic (exact) mass is 426 g/mol. The lowest BCUT2D eigenvalue weighted by Gasteiger charge is -2.47. The van der Waals surface area contributed by atoms with Gasteiger partial charge in [0.05, 0.1) is 5.39 Å². The van der Waals surface area contributed by atoms with Gasteiger partial charge in [0.2, 0.25) is 5.43 Å². The van der Waals surface area contributed by atoms with E-state index in [2.05, 4.69) is 11.9 Å². The van der Waals surface area contributed by atoms with E-state index in [1.165, 1.54) is 28.8 Å². The molecule has 0 bridgehead atoms. The van der Waals surface area contributed by atoms with Gasteiger partial charge >= 0.3 is 5.97 Å². The highest BCUT2D eigenvalue weighted by atomic mass is 19.1. The number of nitrogens with zero attached hydrogens (tertiary/aromatic N) is 3. The Bertz CT molecular complexity index is 1290. The molecule has 1 saturated heterocycles. The summed E-state index contributed by atoms with van der Waals surface area (Å²) in [6, 6.07) is 6.38. The second kappa shape index (κ2) is 6.58. The first-order valence-electron chi connectivity index (χ1n) is 9.94. The van der Waals surface area contributed by atoms with Gasteiger partial charge in [-0.1, -0.05) is 6.92 Å². The smallest absolute Gasteiger partial charge is 0.341 e. The molecule has 3 N–H and O–H groups in total. The number of carbonyl (C=O) groups is 1. The molecule has 160 valence electrons. The van der Waals surface area contributed by atoms with Crippen LogP contribution in [0.3, 0.4) is 0 Å². The van der Waals surface area contributed by atoms with Gasteiger partial charge in [-0.05, 0) is 42.7 Å². The number of aromatic carboxylic acids is 1. The average molecular weight is 426 g/mol. The minimum Gasteiger partial charge on any atom is -0.477 e. The van der Waals surface area contributed by atoms with Crippen molar-refractivity contribution in [3.63, 3.8) is 0 Å². The van der Waals surface area contributed by atoms with Crippen LogP contribution in [0.1, 0.15) is 23.7 Å². The van der Waals surface area contributed by atoms with Gasteiger partial charge in [0.15, 0.2) is 17.3 Å². The van der Waals surface area contributed by atoms with Gasteiger partial charge in [-0.3, -0.25) is 4.79 Å². The number of halogens is 2. The normalized spacial score (nSPS) is 24.8. The SMILES string of the molecule is C[C@@]12CN(c3nc4c(cc3F)c(=O)c(C(=O)O)cn4-c3ccc(F)cc3)C[C@@H]1C[C@@H]2N. The Kier molecular flexibility index (Phi) is 4.17. The Hall–Kier alpha value is -3.33. The van der Waals surface area contributed by atoms with E-state index >= 15 is 4.39 Å². The largest absolute Gasteiger partial charge is 0.477 e. The zero-order valence-electron chi connectivity index (χ0n) is 16.7. The molecule has 1 aliphatic heterocycles. The molecule has 3 atom stereocenters. The third kappa shape index (κ3) is 2.83. The van der Waals surface area contributed by atoms with Crippen LogP contribution >= 0.6 is 0 Å². The van der Waals surface area contributed by atoms with Gasteiger partial charge in [0.1, 0.15) is 11.4 Å². The molecule has 0 unspecified atom stereocenters. The van der Waals surface area contributed by atoms with Crippen molar-refractivity contribution >= 4 is 22.8 Å². The summed E-state index contributed by atoms with van der Waals surface area (Å²) in [4.78, 5) is 30.6. The van der Waals surface area contributed by atoms with Crippen LogP contribution in [-0.4, -0.2) is 39.8 Å². The summed E-state index contributed by atoms with van der Waals surface area (Å²) in [6.45, 7) is 3.23. The molecule has 1 aliphatic carbocycles. The number of hydrogen-bond donors (Lipinski definition) is 2. The van der Waals surface area contributed by atoms with Crippen LogP contribution in [0.15, 0.2) is 41.3 Å². The van der Waals surface area contributed by atoms with Gasteiger partial charge in [-0.15, -0.1) is 0 Å². The first-order chi connectivity index (χ1) is 14.7. The summed E-state index contributed by atoms with van der Waals surface area (Å²) in [7, 11) is 0. The van der Waals surface area contributed by atoms with E-state index in [9.17, 15) is 19.1 Å². The van der Waals surface area contributed by atoms with Crippen LogP contribution in [0.25, 0.3) is 16.7 Å². The van der Waals surface area contributed by atoms with Crippen molar-refractivity contribution in [2.45, 2.75) is 19.4 Å². The van der Waals surface area contributed by atoms with Crippen LogP contribution in [0.5, 0.6) is 0 Å². The van der Waals surface area contributed by atoms with Crippen molar-refractivity contribution in [2.75, 3.05) is 18.0 Å². The minimum atomic E-state index is -1.44. The van der Waals surface area contributed by atoms with Crippen molar-refractivity contribution in [3.8, 4) is 5.69 Å². The third-order valence-electron chi connectivity index (χ3n) is 6.84. The number of benzene rings is 1. The molecule has 0 radical (unpaired) electrons. The Morgan fingerprint density at radius 1 is 1.29 bits per heavy atom. The zero-order valence-corrected chi connectivity index (χ0v) is 16.7. The maximum atomic E-state index is 15.1. The molecule has 1 aromatic carbocycles. The Morgan fingerprint density at radius 3 is 2.61 bits per heavy atom. The number of hydrogen-bond acceptors (Lipinski definition) is 5. The number of carboxylic acid groups (broad SMARTS) is 1. The van der Waals surface area contributed by atoms with Gasteiger partial charge in [-0.25, -0.2) is 18.6 Å². The molecule has 1 saturated carbocycles. The lowest BCUT2D eigenvalue weighted by molar-refractivity contribution is 0.0695. The van der Waals surface area contributed by atoms with Crippen LogP contribution in [0.2, 0.25) is 0 Å². The number of nitrogens with two attached hydrogens (primary N) is 1. The molecule has 31 heavy (non-hydrogen) atoms. The maximum Gasteiger partial charge on any atom is 0.341 e. The zero-order chi connectivity index (χ0) is 22.1. The number of carboxylic acids is 1. The summed E-state index contributed by atoms with van der Waals surface area (Å²) in [6.07, 6.45) is 2.00. The first-order valence-corrected chi connectivity index (χ1v) is 9.94. The van der Waals surface area contributed by atoms with E-state index in [0.29, 0.717) is 24.7 Å². The fourth-order valence-electron chi connectivity index (χ4n) is 4.81. The highest BCUT2D eigenvalue weighted by Gasteiger charge is 2.55. The maximum absolute atomic E-state index is 15.1. The molecule has 3 aromatic rings. The second-order valence-electron chi connectivity index (χ2n) is 8.61. The second-order valence-corrected chi connectivity index (χ2v) is 8.61. The molecule has 5 rings (SSSR count). The van der Waals surface area contributed by atoms with E-state index in [4.69, 9.17) is 5.73 Å². The van der Waals surface area contributed by atoms with Crippen molar-refractivity contribution in [2.24, 2.45) is 17.1 Å². The van der Waals surface area contributed by atoms with Crippen molar-refractivity contribution in [1.82, 2.24) is 9.55 Å². The Balaban J connectivity index is 1.72. The number of pyridine rings is 2. The van der Waals surface area contributed by atoms with Crippen LogP contribution < -0.4 is 16.1 Å². The summed E-state index contributed by atoms with van der Waals surface area (Å²) in [5.74, 6) is -2.17. The average Bonchev–Trinajstić information content (AvgIpc) is 3.00. The summed E-state index contributed by atoms with van der Waals surface area (Å²) in [5.41, 5.74) is 5.21. The summed E-state index contributed by atoms with van der Waals surface area (Å²) >= 11 is 0. The van der Waals surface area contributed by atoms with Crippen LogP contribution in [0, 0.1) is 23.0 Å². The van der Waals surface area contributed by atoms with Gasteiger partial charge in [0.25, 0.3) is 0 Å². The predicted molar refractivity (Wildman–Crippen MR) is 111 cm³/mol. The van der Waals surface area contributed by atoms with Crippen LogP contribution in [0.4, 0.5) is 14.6 Å². The molecule has 2 aliphatic rings. The predicted octanol–water partition coefficient (Wildman–Crippen LogP) is 2.54. The van der Waals surface area contributed by atoms with Crippen molar-refractivity contribution in [3.05, 3.63) is 63.9 Å². The van der Waals surface area contributed by atoms with E-state index < -0.39 is 28.6 Å². The number of fused-ring (bicyclic) bond motifs is 2. The van der Waals surface area contributed by atoms with Gasteiger partial charge in [0, 0.05) is 36.4 Å². The molecule has 9 heteroatoms. The van der Waals surface area contributed by atoms with Crippen LogP contribution in [-0.2, 0) is 0 Å². The standard InChI is InChI=1S/C22H20F2N4O3/c1-22-10-27(8-11(22)6-17(22)25)20-16(24)7-14-18(29)15(21(30)31)9-28(19(14)26-20)13-4-2-12(23)3-5-13/h2-5,7,9,11,17H,6,8,10,25H2,1H3,(H,30,31)/t11-,17-,22+/m0/s1.